The molecular weight excluding hydrogens is 388 g/mol. The van der Waals surface area contributed by atoms with Crippen LogP contribution in [-0.2, 0) is 11.3 Å². The third-order valence-electron chi connectivity index (χ3n) is 5.28. The van der Waals surface area contributed by atoms with Gasteiger partial charge in [-0.25, -0.2) is 4.79 Å². The standard InChI is InChI=1S/C23H19ClN2O3/c1-23(2)21(28)26(22(29)25(23)14-15-7-11-19(24)12-8-15)20(27)18-10-9-16-5-3-4-6-17(16)13-18/h3-13H,14H2,1-2H3. The van der Waals surface area contributed by atoms with E-state index in [1.54, 1.807) is 50.2 Å². The molecule has 0 aliphatic carbocycles. The molecular formula is C23H19ClN2O3. The fourth-order valence-electron chi connectivity index (χ4n) is 3.50. The zero-order valence-electron chi connectivity index (χ0n) is 16.1. The summed E-state index contributed by atoms with van der Waals surface area (Å²) in [6.45, 7) is 3.50. The van der Waals surface area contributed by atoms with Crippen LogP contribution < -0.4 is 0 Å². The average molecular weight is 407 g/mol. The highest BCUT2D eigenvalue weighted by molar-refractivity contribution is 6.30. The maximum absolute atomic E-state index is 13.1. The first-order valence-corrected chi connectivity index (χ1v) is 9.60. The Labute approximate surface area is 173 Å². The van der Waals surface area contributed by atoms with Gasteiger partial charge in [-0.1, -0.05) is 54.1 Å². The van der Waals surface area contributed by atoms with Crippen molar-refractivity contribution in [1.82, 2.24) is 9.80 Å². The van der Waals surface area contributed by atoms with E-state index in [9.17, 15) is 14.4 Å². The van der Waals surface area contributed by atoms with Crippen LogP contribution in [-0.4, -0.2) is 33.2 Å². The fourth-order valence-corrected chi connectivity index (χ4v) is 3.63. The summed E-state index contributed by atoms with van der Waals surface area (Å²) < 4.78 is 0. The highest BCUT2D eigenvalue weighted by Gasteiger charge is 2.53. The van der Waals surface area contributed by atoms with E-state index in [4.69, 9.17) is 11.6 Å². The number of imide groups is 3. The predicted molar refractivity (Wildman–Crippen MR) is 112 cm³/mol. The largest absolute Gasteiger partial charge is 0.335 e. The van der Waals surface area contributed by atoms with Crippen LogP contribution in [0.25, 0.3) is 10.8 Å². The van der Waals surface area contributed by atoms with Gasteiger partial charge >= 0.3 is 6.03 Å². The Kier molecular flexibility index (Phi) is 4.63. The number of benzene rings is 3. The van der Waals surface area contributed by atoms with E-state index in [2.05, 4.69) is 0 Å². The molecule has 0 aromatic heterocycles. The summed E-state index contributed by atoms with van der Waals surface area (Å²) in [6.07, 6.45) is 0. The molecule has 0 spiro atoms. The second-order valence-electron chi connectivity index (χ2n) is 7.56. The van der Waals surface area contributed by atoms with Crippen molar-refractivity contribution in [3.63, 3.8) is 0 Å². The van der Waals surface area contributed by atoms with Crippen LogP contribution in [0, 0.1) is 0 Å². The van der Waals surface area contributed by atoms with Crippen molar-refractivity contribution in [1.29, 1.82) is 0 Å². The molecule has 0 radical (unpaired) electrons. The number of hydrogen-bond donors (Lipinski definition) is 0. The molecule has 1 heterocycles. The third-order valence-corrected chi connectivity index (χ3v) is 5.53. The minimum atomic E-state index is -1.14. The van der Waals surface area contributed by atoms with Gasteiger partial charge in [-0.05, 0) is 54.4 Å². The number of urea groups is 1. The molecule has 0 saturated carbocycles. The molecule has 0 bridgehead atoms. The number of rotatable bonds is 3. The Bertz CT molecular complexity index is 1140. The van der Waals surface area contributed by atoms with Crippen LogP contribution in [0.5, 0.6) is 0 Å². The molecule has 0 N–H and O–H groups in total. The van der Waals surface area contributed by atoms with Crippen LogP contribution in [0.15, 0.2) is 66.7 Å². The van der Waals surface area contributed by atoms with Crippen molar-refractivity contribution in [3.8, 4) is 0 Å². The summed E-state index contributed by atoms with van der Waals surface area (Å²) in [7, 11) is 0. The fraction of sp³-hybridized carbons (Fsp3) is 0.174. The monoisotopic (exact) mass is 406 g/mol. The van der Waals surface area contributed by atoms with Crippen molar-refractivity contribution in [3.05, 3.63) is 82.9 Å². The SMILES string of the molecule is CC1(C)C(=O)N(C(=O)c2ccc3ccccc3c2)C(=O)N1Cc1ccc(Cl)cc1. The van der Waals surface area contributed by atoms with Crippen molar-refractivity contribution < 1.29 is 14.4 Å². The van der Waals surface area contributed by atoms with Gasteiger partial charge in [0, 0.05) is 17.1 Å². The second-order valence-corrected chi connectivity index (χ2v) is 8.00. The van der Waals surface area contributed by atoms with E-state index in [-0.39, 0.29) is 6.54 Å². The molecule has 146 valence electrons. The number of fused-ring (bicyclic) bond motifs is 1. The van der Waals surface area contributed by atoms with Crippen LogP contribution in [0.3, 0.4) is 0 Å². The number of amides is 4. The predicted octanol–water partition coefficient (Wildman–Crippen LogP) is 4.88. The summed E-state index contributed by atoms with van der Waals surface area (Å²) in [5.74, 6) is -1.15. The lowest BCUT2D eigenvalue weighted by Crippen LogP contribution is -2.43. The Morgan fingerprint density at radius 3 is 2.28 bits per heavy atom. The lowest BCUT2D eigenvalue weighted by atomic mass is 10.0. The quantitative estimate of drug-likeness (QED) is 0.460. The zero-order valence-corrected chi connectivity index (χ0v) is 16.8. The van der Waals surface area contributed by atoms with Crippen LogP contribution >= 0.6 is 11.6 Å². The number of hydrogen-bond acceptors (Lipinski definition) is 3. The van der Waals surface area contributed by atoms with Gasteiger partial charge in [-0.3, -0.25) is 9.59 Å². The molecule has 3 aromatic carbocycles. The van der Waals surface area contributed by atoms with Gasteiger partial charge in [-0.2, -0.15) is 4.90 Å². The number of halogens is 1. The molecule has 4 amide bonds. The lowest BCUT2D eigenvalue weighted by molar-refractivity contribution is -0.130. The molecule has 1 aliphatic heterocycles. The second kappa shape index (κ2) is 7.01. The van der Waals surface area contributed by atoms with E-state index < -0.39 is 23.4 Å². The molecule has 1 fully saturated rings. The first kappa shape index (κ1) is 19.2. The van der Waals surface area contributed by atoms with Gasteiger partial charge in [0.25, 0.3) is 11.8 Å². The summed E-state index contributed by atoms with van der Waals surface area (Å²) in [5.41, 5.74) is -0.0124. The molecule has 3 aromatic rings. The average Bonchev–Trinajstić information content (AvgIpc) is 2.88. The molecule has 1 aliphatic rings. The summed E-state index contributed by atoms with van der Waals surface area (Å²) in [4.78, 5) is 41.3. The minimum Gasteiger partial charge on any atom is -0.305 e. The Morgan fingerprint density at radius 2 is 1.59 bits per heavy atom. The van der Waals surface area contributed by atoms with Crippen LogP contribution in [0.1, 0.15) is 29.8 Å². The molecule has 4 rings (SSSR count). The lowest BCUT2D eigenvalue weighted by Gasteiger charge is -2.27. The first-order chi connectivity index (χ1) is 13.8. The van der Waals surface area contributed by atoms with E-state index in [0.717, 1.165) is 21.2 Å². The Morgan fingerprint density at radius 1 is 0.931 bits per heavy atom. The summed E-state index contributed by atoms with van der Waals surface area (Å²) in [6, 6.07) is 19.2. The Hall–Kier alpha value is -3.18. The van der Waals surface area contributed by atoms with E-state index in [0.29, 0.717) is 10.6 Å². The van der Waals surface area contributed by atoms with Gasteiger partial charge in [0.2, 0.25) is 0 Å². The van der Waals surface area contributed by atoms with E-state index >= 15 is 0 Å². The van der Waals surface area contributed by atoms with Gasteiger partial charge in [0.05, 0.1) is 0 Å². The third kappa shape index (κ3) is 3.28. The molecule has 29 heavy (non-hydrogen) atoms. The molecule has 0 unspecified atom stereocenters. The molecule has 5 nitrogen and oxygen atoms in total. The smallest absolute Gasteiger partial charge is 0.305 e. The zero-order chi connectivity index (χ0) is 20.8. The van der Waals surface area contributed by atoms with Crippen LogP contribution in [0.2, 0.25) is 5.02 Å². The normalized spacial score (nSPS) is 16.0. The molecule has 0 atom stereocenters. The maximum Gasteiger partial charge on any atom is 0.335 e. The van der Waals surface area contributed by atoms with Crippen molar-refractivity contribution in [2.75, 3.05) is 0 Å². The number of carbonyl (C=O) groups is 3. The molecule has 1 saturated heterocycles. The number of nitrogens with zero attached hydrogens (tertiary/aromatic N) is 2. The maximum atomic E-state index is 13.1. The van der Waals surface area contributed by atoms with Crippen LogP contribution in [0.4, 0.5) is 4.79 Å². The van der Waals surface area contributed by atoms with Crippen molar-refractivity contribution in [2.24, 2.45) is 0 Å². The van der Waals surface area contributed by atoms with Gasteiger partial charge in [0.15, 0.2) is 0 Å². The summed E-state index contributed by atoms with van der Waals surface area (Å²) in [5, 5.41) is 2.44. The minimum absolute atomic E-state index is 0.205. The van der Waals surface area contributed by atoms with Crippen molar-refractivity contribution >= 4 is 40.2 Å². The highest BCUT2D eigenvalue weighted by Crippen LogP contribution is 2.31. The van der Waals surface area contributed by atoms with Gasteiger partial charge < -0.3 is 4.90 Å². The highest BCUT2D eigenvalue weighted by atomic mass is 35.5. The molecule has 6 heteroatoms. The Balaban J connectivity index is 1.66. The van der Waals surface area contributed by atoms with Crippen molar-refractivity contribution in [2.45, 2.75) is 25.9 Å². The topological polar surface area (TPSA) is 57.7 Å². The van der Waals surface area contributed by atoms with E-state index in [1.165, 1.54) is 4.90 Å². The number of carbonyl (C=O) groups excluding carboxylic acids is 3. The van der Waals surface area contributed by atoms with E-state index in [1.807, 2.05) is 30.3 Å². The van der Waals surface area contributed by atoms with Gasteiger partial charge in [-0.15, -0.1) is 0 Å². The first-order valence-electron chi connectivity index (χ1n) is 9.23. The van der Waals surface area contributed by atoms with Gasteiger partial charge in [0.1, 0.15) is 5.54 Å². The summed E-state index contributed by atoms with van der Waals surface area (Å²) >= 11 is 5.92.